The summed E-state index contributed by atoms with van der Waals surface area (Å²) in [6, 6.07) is 10.6. The van der Waals surface area contributed by atoms with Crippen molar-refractivity contribution in [3.63, 3.8) is 0 Å². The van der Waals surface area contributed by atoms with Gasteiger partial charge in [-0.15, -0.1) is 0 Å². The summed E-state index contributed by atoms with van der Waals surface area (Å²) in [7, 11) is 2.17. The van der Waals surface area contributed by atoms with Crippen molar-refractivity contribution in [2.45, 2.75) is 13.0 Å². The van der Waals surface area contributed by atoms with E-state index < -0.39 is 0 Å². The summed E-state index contributed by atoms with van der Waals surface area (Å²) < 4.78 is 0. The first-order valence-electron chi connectivity index (χ1n) is 6.13. The first-order chi connectivity index (χ1) is 8.20. The summed E-state index contributed by atoms with van der Waals surface area (Å²) >= 11 is 0. The fourth-order valence-corrected chi connectivity index (χ4v) is 2.26. The Morgan fingerprint density at radius 1 is 1.12 bits per heavy atom. The third kappa shape index (κ3) is 2.85. The van der Waals surface area contributed by atoms with Crippen LogP contribution in [0.5, 0.6) is 0 Å². The fraction of sp³-hybridized carbons (Fsp3) is 0.500. The molecule has 1 heterocycles. The molecule has 1 aliphatic rings. The SMILES string of the molecule is CC(c1ccc(C#N)cc1)N1CCN(C)CC1. The van der Waals surface area contributed by atoms with Crippen molar-refractivity contribution in [2.24, 2.45) is 0 Å². The number of rotatable bonds is 2. The fourth-order valence-electron chi connectivity index (χ4n) is 2.26. The summed E-state index contributed by atoms with van der Waals surface area (Å²) in [4.78, 5) is 4.86. The minimum absolute atomic E-state index is 0.441. The number of nitrogens with zero attached hydrogens (tertiary/aromatic N) is 3. The predicted octanol–water partition coefficient (Wildman–Crippen LogP) is 1.87. The van der Waals surface area contributed by atoms with Crippen molar-refractivity contribution in [1.82, 2.24) is 9.80 Å². The Balaban J connectivity index is 2.03. The van der Waals surface area contributed by atoms with E-state index in [1.54, 1.807) is 0 Å². The van der Waals surface area contributed by atoms with Crippen LogP contribution in [0.1, 0.15) is 24.1 Å². The van der Waals surface area contributed by atoms with Gasteiger partial charge in [0.2, 0.25) is 0 Å². The second-order valence-corrected chi connectivity index (χ2v) is 4.75. The average molecular weight is 229 g/mol. The summed E-state index contributed by atoms with van der Waals surface area (Å²) in [5.41, 5.74) is 2.04. The number of piperazine rings is 1. The molecule has 0 N–H and O–H groups in total. The molecular formula is C14H19N3. The molecule has 1 aromatic carbocycles. The number of likely N-dealkylation sites (N-methyl/N-ethyl adjacent to an activating group) is 1. The minimum Gasteiger partial charge on any atom is -0.304 e. The van der Waals surface area contributed by atoms with Gasteiger partial charge in [0.15, 0.2) is 0 Å². The Morgan fingerprint density at radius 3 is 2.24 bits per heavy atom. The summed E-state index contributed by atoms with van der Waals surface area (Å²) in [6.07, 6.45) is 0. The topological polar surface area (TPSA) is 30.3 Å². The van der Waals surface area contributed by atoms with Crippen LogP contribution in [0.4, 0.5) is 0 Å². The molecule has 1 fully saturated rings. The molecule has 3 nitrogen and oxygen atoms in total. The van der Waals surface area contributed by atoms with Crippen molar-refractivity contribution >= 4 is 0 Å². The zero-order chi connectivity index (χ0) is 12.3. The molecule has 1 aliphatic heterocycles. The van der Waals surface area contributed by atoms with Gasteiger partial charge in [-0.05, 0) is 31.7 Å². The Labute approximate surface area is 103 Å². The molecule has 17 heavy (non-hydrogen) atoms. The van der Waals surface area contributed by atoms with Crippen molar-refractivity contribution in [2.75, 3.05) is 33.2 Å². The molecule has 1 atom stereocenters. The maximum atomic E-state index is 8.78. The summed E-state index contributed by atoms with van der Waals surface area (Å²) in [6.45, 7) is 6.77. The van der Waals surface area contributed by atoms with Crippen LogP contribution in [-0.4, -0.2) is 43.0 Å². The lowest BCUT2D eigenvalue weighted by Crippen LogP contribution is -2.45. The normalized spacial score (nSPS) is 19.8. The number of hydrogen-bond acceptors (Lipinski definition) is 3. The minimum atomic E-state index is 0.441. The second-order valence-electron chi connectivity index (χ2n) is 4.75. The van der Waals surface area contributed by atoms with Gasteiger partial charge in [0.25, 0.3) is 0 Å². The Hall–Kier alpha value is -1.37. The van der Waals surface area contributed by atoms with Gasteiger partial charge in [-0.2, -0.15) is 5.26 Å². The second kappa shape index (κ2) is 5.31. The Morgan fingerprint density at radius 2 is 1.71 bits per heavy atom. The molecule has 0 saturated carbocycles. The predicted molar refractivity (Wildman–Crippen MR) is 68.6 cm³/mol. The first-order valence-corrected chi connectivity index (χ1v) is 6.13. The highest BCUT2D eigenvalue weighted by Crippen LogP contribution is 2.21. The van der Waals surface area contributed by atoms with Crippen LogP contribution in [0.3, 0.4) is 0 Å². The van der Waals surface area contributed by atoms with Gasteiger partial charge in [-0.3, -0.25) is 4.90 Å². The van der Waals surface area contributed by atoms with E-state index in [1.807, 2.05) is 12.1 Å². The van der Waals surface area contributed by atoms with Crippen molar-refractivity contribution in [3.05, 3.63) is 35.4 Å². The molecule has 90 valence electrons. The van der Waals surface area contributed by atoms with Gasteiger partial charge in [0, 0.05) is 32.2 Å². The molecular weight excluding hydrogens is 210 g/mol. The maximum Gasteiger partial charge on any atom is 0.0991 e. The highest BCUT2D eigenvalue weighted by molar-refractivity contribution is 5.32. The standard InChI is InChI=1S/C14H19N3/c1-12(17-9-7-16(2)8-10-17)14-5-3-13(11-15)4-6-14/h3-6,12H,7-10H2,1-2H3. The summed E-state index contributed by atoms with van der Waals surface area (Å²) in [5, 5.41) is 8.78. The zero-order valence-corrected chi connectivity index (χ0v) is 10.6. The quantitative estimate of drug-likeness (QED) is 0.775. The number of hydrogen-bond donors (Lipinski definition) is 0. The smallest absolute Gasteiger partial charge is 0.0991 e. The molecule has 1 aromatic rings. The van der Waals surface area contributed by atoms with E-state index in [2.05, 4.69) is 42.0 Å². The average Bonchev–Trinajstić information content (AvgIpc) is 2.39. The maximum absolute atomic E-state index is 8.78. The highest BCUT2D eigenvalue weighted by Gasteiger charge is 2.19. The lowest BCUT2D eigenvalue weighted by atomic mass is 10.0. The largest absolute Gasteiger partial charge is 0.304 e. The molecule has 0 amide bonds. The van der Waals surface area contributed by atoms with E-state index in [4.69, 9.17) is 5.26 Å². The van der Waals surface area contributed by atoms with Crippen LogP contribution in [0, 0.1) is 11.3 Å². The van der Waals surface area contributed by atoms with Gasteiger partial charge in [-0.1, -0.05) is 12.1 Å². The van der Waals surface area contributed by atoms with E-state index in [9.17, 15) is 0 Å². The van der Waals surface area contributed by atoms with Gasteiger partial charge in [0.1, 0.15) is 0 Å². The molecule has 0 spiro atoms. The van der Waals surface area contributed by atoms with Gasteiger partial charge < -0.3 is 4.90 Å². The molecule has 2 rings (SSSR count). The van der Waals surface area contributed by atoms with Crippen molar-refractivity contribution in [1.29, 1.82) is 5.26 Å². The van der Waals surface area contributed by atoms with Crippen LogP contribution in [-0.2, 0) is 0 Å². The monoisotopic (exact) mass is 229 g/mol. The van der Waals surface area contributed by atoms with Crippen molar-refractivity contribution < 1.29 is 0 Å². The molecule has 0 radical (unpaired) electrons. The van der Waals surface area contributed by atoms with E-state index in [0.717, 1.165) is 31.7 Å². The van der Waals surface area contributed by atoms with Crippen molar-refractivity contribution in [3.8, 4) is 6.07 Å². The third-order valence-electron chi connectivity index (χ3n) is 3.61. The molecule has 1 unspecified atom stereocenters. The molecule has 3 heteroatoms. The van der Waals surface area contributed by atoms with Crippen LogP contribution in [0.15, 0.2) is 24.3 Å². The van der Waals surface area contributed by atoms with E-state index in [0.29, 0.717) is 6.04 Å². The van der Waals surface area contributed by atoms with Crippen LogP contribution in [0.2, 0.25) is 0 Å². The van der Waals surface area contributed by atoms with E-state index in [1.165, 1.54) is 5.56 Å². The molecule has 0 aliphatic carbocycles. The first kappa shape index (κ1) is 12.1. The van der Waals surface area contributed by atoms with Gasteiger partial charge >= 0.3 is 0 Å². The van der Waals surface area contributed by atoms with Crippen LogP contribution in [0.25, 0.3) is 0 Å². The Kier molecular flexibility index (Phi) is 3.78. The van der Waals surface area contributed by atoms with Gasteiger partial charge in [0.05, 0.1) is 11.6 Å². The highest BCUT2D eigenvalue weighted by atomic mass is 15.3. The number of benzene rings is 1. The third-order valence-corrected chi connectivity index (χ3v) is 3.61. The molecule has 1 saturated heterocycles. The lowest BCUT2D eigenvalue weighted by Gasteiger charge is -2.36. The molecule has 0 aromatic heterocycles. The van der Waals surface area contributed by atoms with E-state index >= 15 is 0 Å². The van der Waals surface area contributed by atoms with Crippen LogP contribution >= 0.6 is 0 Å². The zero-order valence-electron chi connectivity index (χ0n) is 10.6. The van der Waals surface area contributed by atoms with E-state index in [-0.39, 0.29) is 0 Å². The number of nitriles is 1. The van der Waals surface area contributed by atoms with Gasteiger partial charge in [-0.25, -0.2) is 0 Å². The summed E-state index contributed by atoms with van der Waals surface area (Å²) in [5.74, 6) is 0. The lowest BCUT2D eigenvalue weighted by molar-refractivity contribution is 0.119. The van der Waals surface area contributed by atoms with Crippen LogP contribution < -0.4 is 0 Å². The molecule has 0 bridgehead atoms. The Bertz CT molecular complexity index is 396.